The quantitative estimate of drug-likeness (QED) is 0.346. The molecule has 0 aliphatic rings. The van der Waals surface area contributed by atoms with Crippen LogP contribution >= 0.6 is 0 Å². The fourth-order valence-corrected chi connectivity index (χ4v) is 4.13. The van der Waals surface area contributed by atoms with Gasteiger partial charge in [0.05, 0.1) is 11.4 Å². The van der Waals surface area contributed by atoms with Crippen molar-refractivity contribution in [3.05, 3.63) is 77.3 Å². The molecular weight excluding hydrogens is 392 g/mol. The van der Waals surface area contributed by atoms with Crippen molar-refractivity contribution in [1.82, 2.24) is 9.78 Å². The molecule has 1 heterocycles. The third-order valence-corrected chi connectivity index (χ3v) is 5.70. The van der Waals surface area contributed by atoms with Crippen LogP contribution in [0.4, 0.5) is 0 Å². The molecule has 3 aromatic rings. The minimum Gasteiger partial charge on any atom is -0.457 e. The molecule has 0 amide bonds. The van der Waals surface area contributed by atoms with Crippen molar-refractivity contribution in [2.24, 2.45) is 0 Å². The molecule has 32 heavy (non-hydrogen) atoms. The summed E-state index contributed by atoms with van der Waals surface area (Å²) in [6.07, 6.45) is 9.91. The van der Waals surface area contributed by atoms with Crippen molar-refractivity contribution in [1.29, 1.82) is 0 Å². The van der Waals surface area contributed by atoms with Gasteiger partial charge in [0.1, 0.15) is 17.2 Å². The minimum atomic E-state index is 0.383. The van der Waals surface area contributed by atoms with Crippen LogP contribution in [0, 0.1) is 0 Å². The summed E-state index contributed by atoms with van der Waals surface area (Å²) in [5.74, 6) is 1.65. The molecule has 0 atom stereocenters. The Hall–Kier alpha value is -3.07. The lowest BCUT2D eigenvalue weighted by atomic mass is 10.1. The zero-order valence-electron chi connectivity index (χ0n) is 20.0. The zero-order chi connectivity index (χ0) is 22.9. The molecule has 0 fully saturated rings. The van der Waals surface area contributed by atoms with Crippen LogP contribution in [0.15, 0.2) is 66.7 Å². The standard InChI is InChI=1S/C29H36N2O/c1-6-9-15-22(4)28-23(5)31(25(13-7-2)14-8-3)30-29(28)24-18-20-27(21-19-24)32-26-16-11-10-12-17-26/h9-12,15-21,25H,5-8,13-14H2,1-4H3/b15-9-,28-22+. The van der Waals surface area contributed by atoms with Crippen LogP contribution in [-0.4, -0.2) is 9.78 Å². The number of allylic oxidation sites excluding steroid dienone is 2. The highest BCUT2D eigenvalue weighted by molar-refractivity contribution is 5.67. The molecule has 1 aromatic heterocycles. The topological polar surface area (TPSA) is 27.1 Å². The van der Waals surface area contributed by atoms with Crippen LogP contribution in [0.3, 0.4) is 0 Å². The Kier molecular flexibility index (Phi) is 8.49. The molecule has 0 aliphatic heterocycles. The van der Waals surface area contributed by atoms with Crippen LogP contribution < -0.4 is 15.3 Å². The summed E-state index contributed by atoms with van der Waals surface area (Å²) < 4.78 is 8.15. The highest BCUT2D eigenvalue weighted by Gasteiger charge is 2.16. The average Bonchev–Trinajstić information content (AvgIpc) is 3.15. The molecule has 0 saturated heterocycles. The Morgan fingerprint density at radius 2 is 1.59 bits per heavy atom. The fraction of sp³-hybridized carbons (Fsp3) is 0.345. The van der Waals surface area contributed by atoms with Crippen molar-refractivity contribution in [2.75, 3.05) is 0 Å². The van der Waals surface area contributed by atoms with Gasteiger partial charge >= 0.3 is 0 Å². The number of hydrogen-bond acceptors (Lipinski definition) is 2. The number of hydrogen-bond donors (Lipinski definition) is 0. The van der Waals surface area contributed by atoms with Crippen LogP contribution in [0.25, 0.3) is 23.4 Å². The van der Waals surface area contributed by atoms with E-state index < -0.39 is 0 Å². The van der Waals surface area contributed by atoms with Gasteiger partial charge in [0.25, 0.3) is 0 Å². The van der Waals surface area contributed by atoms with Gasteiger partial charge in [-0.05, 0) is 68.2 Å². The van der Waals surface area contributed by atoms with Crippen molar-refractivity contribution >= 4 is 12.2 Å². The van der Waals surface area contributed by atoms with E-state index in [1.165, 1.54) is 5.57 Å². The van der Waals surface area contributed by atoms with Crippen molar-refractivity contribution < 1.29 is 4.74 Å². The molecular formula is C29H36N2O. The Bertz CT molecular complexity index is 1120. The third-order valence-electron chi connectivity index (χ3n) is 5.70. The van der Waals surface area contributed by atoms with Gasteiger partial charge < -0.3 is 4.74 Å². The third kappa shape index (κ3) is 5.59. The Balaban J connectivity index is 2.07. The van der Waals surface area contributed by atoms with Gasteiger partial charge in [-0.3, -0.25) is 4.68 Å². The Morgan fingerprint density at radius 3 is 2.19 bits per heavy atom. The van der Waals surface area contributed by atoms with E-state index in [1.54, 1.807) is 0 Å². The summed E-state index contributed by atoms with van der Waals surface area (Å²) in [4.78, 5) is 0. The highest BCUT2D eigenvalue weighted by Crippen LogP contribution is 2.25. The predicted octanol–water partition coefficient (Wildman–Crippen LogP) is 7.03. The summed E-state index contributed by atoms with van der Waals surface area (Å²) >= 11 is 0. The maximum absolute atomic E-state index is 5.98. The first kappa shape index (κ1) is 23.6. The molecule has 3 nitrogen and oxygen atoms in total. The van der Waals surface area contributed by atoms with E-state index in [1.807, 2.05) is 42.5 Å². The number of rotatable bonds is 10. The summed E-state index contributed by atoms with van der Waals surface area (Å²) in [7, 11) is 0. The second kappa shape index (κ2) is 11.5. The molecule has 0 unspecified atom stereocenters. The monoisotopic (exact) mass is 428 g/mol. The molecule has 0 saturated carbocycles. The van der Waals surface area contributed by atoms with Gasteiger partial charge in [-0.15, -0.1) is 0 Å². The highest BCUT2D eigenvalue weighted by atomic mass is 16.5. The molecule has 3 heteroatoms. The Morgan fingerprint density at radius 1 is 0.969 bits per heavy atom. The summed E-state index contributed by atoms with van der Waals surface area (Å²) in [5.41, 5.74) is 3.28. The van der Waals surface area contributed by atoms with E-state index in [9.17, 15) is 0 Å². The number of ether oxygens (including phenoxy) is 1. The molecule has 0 radical (unpaired) electrons. The largest absolute Gasteiger partial charge is 0.457 e. The molecule has 0 bridgehead atoms. The number of nitrogens with zero attached hydrogens (tertiary/aromatic N) is 2. The van der Waals surface area contributed by atoms with Crippen LogP contribution in [0.2, 0.25) is 0 Å². The van der Waals surface area contributed by atoms with Crippen LogP contribution in [0.1, 0.15) is 65.8 Å². The smallest absolute Gasteiger partial charge is 0.127 e. The second-order valence-electron chi connectivity index (χ2n) is 8.28. The average molecular weight is 429 g/mol. The summed E-state index contributed by atoms with van der Waals surface area (Å²) in [6.45, 7) is 13.3. The van der Waals surface area contributed by atoms with E-state index in [4.69, 9.17) is 9.84 Å². The second-order valence-corrected chi connectivity index (χ2v) is 8.28. The first-order valence-electron chi connectivity index (χ1n) is 11.9. The first-order chi connectivity index (χ1) is 15.6. The lowest BCUT2D eigenvalue weighted by molar-refractivity contribution is 0.384. The van der Waals surface area contributed by atoms with E-state index in [0.717, 1.165) is 65.4 Å². The minimum absolute atomic E-state index is 0.383. The van der Waals surface area contributed by atoms with E-state index in [-0.39, 0.29) is 0 Å². The van der Waals surface area contributed by atoms with Crippen LogP contribution in [0.5, 0.6) is 11.5 Å². The van der Waals surface area contributed by atoms with Crippen molar-refractivity contribution in [3.63, 3.8) is 0 Å². The van der Waals surface area contributed by atoms with Gasteiger partial charge in [0.2, 0.25) is 0 Å². The number of para-hydroxylation sites is 1. The predicted molar refractivity (Wildman–Crippen MR) is 136 cm³/mol. The van der Waals surface area contributed by atoms with Gasteiger partial charge in [0, 0.05) is 10.8 Å². The SMILES string of the molecule is C=c1/c(=C(C)\C=C/CC)c(-c2ccc(Oc3ccccc3)cc2)nn1C(CCC)CCC. The maximum Gasteiger partial charge on any atom is 0.127 e. The molecule has 0 spiro atoms. The fourth-order valence-electron chi connectivity index (χ4n) is 4.13. The molecule has 0 aliphatic carbocycles. The molecule has 0 N–H and O–H groups in total. The molecule has 3 rings (SSSR count). The van der Waals surface area contributed by atoms with E-state index in [0.29, 0.717) is 6.04 Å². The van der Waals surface area contributed by atoms with Gasteiger partial charge in [0.15, 0.2) is 0 Å². The molecule has 168 valence electrons. The number of benzene rings is 2. The lowest BCUT2D eigenvalue weighted by Crippen LogP contribution is -2.32. The zero-order valence-corrected chi connectivity index (χ0v) is 20.0. The lowest BCUT2D eigenvalue weighted by Gasteiger charge is -2.16. The normalized spacial score (nSPS) is 12.5. The summed E-state index contributed by atoms with van der Waals surface area (Å²) in [5, 5.41) is 7.27. The van der Waals surface area contributed by atoms with E-state index >= 15 is 0 Å². The molecule has 2 aromatic carbocycles. The van der Waals surface area contributed by atoms with Gasteiger partial charge in [-0.25, -0.2) is 0 Å². The van der Waals surface area contributed by atoms with Gasteiger partial charge in [-0.2, -0.15) is 5.10 Å². The van der Waals surface area contributed by atoms with Crippen molar-refractivity contribution in [2.45, 2.75) is 65.8 Å². The van der Waals surface area contributed by atoms with Crippen LogP contribution in [-0.2, 0) is 0 Å². The first-order valence-corrected chi connectivity index (χ1v) is 11.9. The van der Waals surface area contributed by atoms with Gasteiger partial charge in [-0.1, -0.05) is 70.5 Å². The van der Waals surface area contributed by atoms with E-state index in [2.05, 4.69) is 63.2 Å². The number of aromatic nitrogens is 2. The van der Waals surface area contributed by atoms with Crippen molar-refractivity contribution in [3.8, 4) is 22.8 Å². The maximum atomic E-state index is 5.98. The Labute approximate surface area is 192 Å². The summed E-state index contributed by atoms with van der Waals surface area (Å²) in [6, 6.07) is 18.5.